The summed E-state index contributed by atoms with van der Waals surface area (Å²) in [5, 5.41) is 26.8. The molecule has 0 aromatic heterocycles. The predicted molar refractivity (Wildman–Crippen MR) is 141 cm³/mol. The number of nitrogens with zero attached hydrogens (tertiary/aromatic N) is 2. The van der Waals surface area contributed by atoms with Gasteiger partial charge in [0, 0.05) is 28.3 Å². The summed E-state index contributed by atoms with van der Waals surface area (Å²) in [5.74, 6) is 0.0264. The summed E-state index contributed by atoms with van der Waals surface area (Å²) in [4.78, 5) is 23.0. The molecule has 1 aliphatic carbocycles. The molecule has 3 aromatic carbocycles. The average Bonchev–Trinajstić information content (AvgIpc) is 3.19. The van der Waals surface area contributed by atoms with Crippen LogP contribution in [0.1, 0.15) is 29.5 Å². The Balaban J connectivity index is 1.62. The van der Waals surface area contributed by atoms with Crippen LogP contribution >= 0.6 is 35.0 Å². The molecule has 1 heterocycles. The minimum absolute atomic E-state index is 0.0275. The molecule has 3 aromatic rings. The molecule has 0 spiro atoms. The Morgan fingerprint density at radius 2 is 1.75 bits per heavy atom. The van der Waals surface area contributed by atoms with E-state index in [2.05, 4.69) is 5.32 Å². The molecule has 1 aliphatic heterocycles. The van der Waals surface area contributed by atoms with Gasteiger partial charge in [-0.2, -0.15) is 0 Å². The van der Waals surface area contributed by atoms with E-state index in [-0.39, 0.29) is 34.5 Å². The number of fused-ring (bicyclic) bond motifs is 3. The Kier molecular flexibility index (Phi) is 6.72. The molecule has 0 bridgehead atoms. The molecular formula is C25H21Cl2N3O5S. The van der Waals surface area contributed by atoms with Gasteiger partial charge in [0.1, 0.15) is 5.75 Å². The van der Waals surface area contributed by atoms with Crippen LogP contribution in [0.2, 0.25) is 5.02 Å². The largest absolute Gasteiger partial charge is 0.494 e. The highest BCUT2D eigenvalue weighted by Crippen LogP contribution is 2.60. The molecule has 186 valence electrons. The number of anilines is 1. The van der Waals surface area contributed by atoms with Crippen LogP contribution in [0.5, 0.6) is 5.75 Å². The van der Waals surface area contributed by atoms with Gasteiger partial charge in [-0.15, -0.1) is 23.4 Å². The van der Waals surface area contributed by atoms with Crippen molar-refractivity contribution >= 4 is 52.0 Å². The number of rotatable bonds is 6. The van der Waals surface area contributed by atoms with E-state index >= 15 is 0 Å². The molecule has 1 N–H and O–H groups in total. The second-order valence-electron chi connectivity index (χ2n) is 8.76. The minimum atomic E-state index is -0.449. The van der Waals surface area contributed by atoms with Crippen LogP contribution in [0.3, 0.4) is 0 Å². The maximum absolute atomic E-state index is 11.7. The maximum atomic E-state index is 11.7. The van der Waals surface area contributed by atoms with Gasteiger partial charge < -0.3 is 10.1 Å². The van der Waals surface area contributed by atoms with Crippen molar-refractivity contribution in [3.05, 3.63) is 97.0 Å². The normalized spacial score (nSPS) is 24.4. The summed E-state index contributed by atoms with van der Waals surface area (Å²) in [7, 11) is 1.47. The maximum Gasteiger partial charge on any atom is 0.282 e. The van der Waals surface area contributed by atoms with Crippen molar-refractivity contribution in [1.82, 2.24) is 0 Å². The number of hydrogen-bond acceptors (Lipinski definition) is 7. The van der Waals surface area contributed by atoms with Gasteiger partial charge in [-0.3, -0.25) is 20.2 Å². The molecule has 8 nitrogen and oxygen atoms in total. The molecule has 5 atom stereocenters. The van der Waals surface area contributed by atoms with Crippen LogP contribution in [0.15, 0.2) is 65.6 Å². The van der Waals surface area contributed by atoms with Crippen molar-refractivity contribution in [2.24, 2.45) is 5.92 Å². The number of thioether (sulfide) groups is 1. The van der Waals surface area contributed by atoms with Crippen molar-refractivity contribution in [2.45, 2.75) is 33.9 Å². The zero-order chi connectivity index (χ0) is 25.6. The molecule has 2 aliphatic rings. The number of non-ortho nitro benzene ring substituents is 1. The molecular weight excluding hydrogens is 525 g/mol. The molecule has 5 rings (SSSR count). The van der Waals surface area contributed by atoms with Gasteiger partial charge in [-0.1, -0.05) is 41.9 Å². The standard InChI is InChI=1S/C25H21Cl2N3O5S/c1-35-19-11-13(29(31)32)10-15-22-16(24(28-25(15)19)14-6-2-3-7-17(14)26)12-21(23(22)27)36-20-9-5-4-8-18(20)30(33)34/h2-11,16,21-24,28H,12H2,1H3/t16-,21+,22-,23+,24-/m1/s1. The molecule has 0 unspecified atom stereocenters. The predicted octanol–water partition coefficient (Wildman–Crippen LogP) is 7.20. The van der Waals surface area contributed by atoms with E-state index in [4.69, 9.17) is 27.9 Å². The Bertz CT molecular complexity index is 1360. The number of hydrogen-bond donors (Lipinski definition) is 1. The van der Waals surface area contributed by atoms with Gasteiger partial charge in [-0.25, -0.2) is 0 Å². The summed E-state index contributed by atoms with van der Waals surface area (Å²) < 4.78 is 5.54. The van der Waals surface area contributed by atoms with Gasteiger partial charge in [0.2, 0.25) is 0 Å². The highest BCUT2D eigenvalue weighted by atomic mass is 35.5. The fourth-order valence-electron chi connectivity index (χ4n) is 5.35. The number of nitrogens with one attached hydrogen (secondary N) is 1. The van der Waals surface area contributed by atoms with E-state index in [0.717, 1.165) is 5.56 Å². The van der Waals surface area contributed by atoms with E-state index in [1.54, 1.807) is 24.3 Å². The highest BCUT2D eigenvalue weighted by Gasteiger charge is 2.51. The third-order valence-corrected chi connectivity index (χ3v) is 9.34. The number of nitro groups is 2. The third-order valence-electron chi connectivity index (χ3n) is 6.88. The van der Waals surface area contributed by atoms with E-state index in [1.807, 2.05) is 24.3 Å². The van der Waals surface area contributed by atoms with Crippen molar-refractivity contribution in [1.29, 1.82) is 0 Å². The molecule has 1 fully saturated rings. The SMILES string of the molecule is COc1cc([N+](=O)[O-])cc2c1N[C@H](c1ccccc1Cl)[C@@H]1C[C@H](Sc3ccccc3[N+](=O)[O-])[C@H](Cl)[C@H]21. The average molecular weight is 546 g/mol. The number of methoxy groups -OCH3 is 1. The summed E-state index contributed by atoms with van der Waals surface area (Å²) in [6, 6.07) is 16.9. The molecule has 0 amide bonds. The zero-order valence-corrected chi connectivity index (χ0v) is 21.3. The zero-order valence-electron chi connectivity index (χ0n) is 19.0. The monoisotopic (exact) mass is 545 g/mol. The van der Waals surface area contributed by atoms with E-state index in [0.29, 0.717) is 33.3 Å². The Morgan fingerprint density at radius 1 is 1.03 bits per heavy atom. The van der Waals surface area contributed by atoms with Crippen LogP contribution in [-0.4, -0.2) is 27.6 Å². The summed E-state index contributed by atoms with van der Waals surface area (Å²) >= 11 is 15.1. The first kappa shape index (κ1) is 24.7. The first-order valence-corrected chi connectivity index (χ1v) is 12.9. The lowest BCUT2D eigenvalue weighted by Crippen LogP contribution is -2.31. The Labute approximate surface area is 221 Å². The first-order chi connectivity index (χ1) is 17.3. The third kappa shape index (κ3) is 4.25. The number of para-hydroxylation sites is 1. The number of nitro benzene ring substituents is 2. The van der Waals surface area contributed by atoms with Crippen LogP contribution in [0.25, 0.3) is 0 Å². The smallest absolute Gasteiger partial charge is 0.282 e. The van der Waals surface area contributed by atoms with Gasteiger partial charge >= 0.3 is 0 Å². The van der Waals surface area contributed by atoms with E-state index < -0.39 is 15.2 Å². The van der Waals surface area contributed by atoms with Crippen LogP contribution in [-0.2, 0) is 0 Å². The quantitative estimate of drug-likeness (QED) is 0.198. The molecule has 36 heavy (non-hydrogen) atoms. The number of benzene rings is 3. The summed E-state index contributed by atoms with van der Waals surface area (Å²) in [5.41, 5.74) is 2.19. The number of halogens is 2. The summed E-state index contributed by atoms with van der Waals surface area (Å²) in [6.45, 7) is 0. The van der Waals surface area contributed by atoms with Crippen molar-refractivity contribution < 1.29 is 14.6 Å². The lowest BCUT2D eigenvalue weighted by molar-refractivity contribution is -0.387. The van der Waals surface area contributed by atoms with Crippen molar-refractivity contribution in [3.8, 4) is 5.75 Å². The Morgan fingerprint density at radius 3 is 2.44 bits per heavy atom. The van der Waals surface area contributed by atoms with Gasteiger partial charge in [0.05, 0.1) is 45.0 Å². The second kappa shape index (κ2) is 9.80. The fourth-order valence-corrected chi connectivity index (χ4v) is 7.54. The molecule has 1 saturated carbocycles. The van der Waals surface area contributed by atoms with Gasteiger partial charge in [-0.05, 0) is 35.6 Å². The number of alkyl halides is 1. The molecule has 0 radical (unpaired) electrons. The van der Waals surface area contributed by atoms with E-state index in [9.17, 15) is 20.2 Å². The second-order valence-corrected chi connectivity index (χ2v) is 11.0. The van der Waals surface area contributed by atoms with Crippen molar-refractivity contribution in [2.75, 3.05) is 12.4 Å². The molecule has 0 saturated heterocycles. The van der Waals surface area contributed by atoms with Gasteiger partial charge in [0.15, 0.2) is 0 Å². The van der Waals surface area contributed by atoms with E-state index in [1.165, 1.54) is 31.0 Å². The fraction of sp³-hybridized carbons (Fsp3) is 0.280. The molecule has 11 heteroatoms. The van der Waals surface area contributed by atoms with Gasteiger partial charge in [0.25, 0.3) is 11.4 Å². The summed E-state index contributed by atoms with van der Waals surface area (Å²) in [6.07, 6.45) is 0.628. The van der Waals surface area contributed by atoms with Crippen LogP contribution in [0, 0.1) is 26.1 Å². The van der Waals surface area contributed by atoms with Crippen LogP contribution < -0.4 is 10.1 Å². The minimum Gasteiger partial charge on any atom is -0.494 e. The first-order valence-electron chi connectivity index (χ1n) is 11.2. The number of ether oxygens (including phenoxy) is 1. The highest BCUT2D eigenvalue weighted by molar-refractivity contribution is 8.00. The van der Waals surface area contributed by atoms with Crippen molar-refractivity contribution in [3.63, 3.8) is 0 Å². The lowest BCUT2D eigenvalue weighted by Gasteiger charge is -2.39. The Hall–Kier alpha value is -3.01. The topological polar surface area (TPSA) is 108 Å². The van der Waals surface area contributed by atoms with Crippen LogP contribution in [0.4, 0.5) is 17.1 Å². The lowest BCUT2D eigenvalue weighted by atomic mass is 9.77.